The Balaban J connectivity index is 1.68. The number of methoxy groups -OCH3 is 1. The smallest absolute Gasteiger partial charge is 0.277 e. The van der Waals surface area contributed by atoms with E-state index in [1.807, 2.05) is 54.6 Å². The summed E-state index contributed by atoms with van der Waals surface area (Å²) in [5.41, 5.74) is 1.44. The number of carbonyl (C=O) groups is 1. The van der Waals surface area contributed by atoms with Gasteiger partial charge in [0.1, 0.15) is 5.75 Å². The molecule has 0 unspecified atom stereocenters. The molecule has 7 nitrogen and oxygen atoms in total. The van der Waals surface area contributed by atoms with E-state index >= 15 is 0 Å². The van der Waals surface area contributed by atoms with Crippen molar-refractivity contribution >= 4 is 23.4 Å². The van der Waals surface area contributed by atoms with Crippen LogP contribution in [-0.4, -0.2) is 35.5 Å². The van der Waals surface area contributed by atoms with Crippen LogP contribution in [0.25, 0.3) is 11.5 Å². The summed E-state index contributed by atoms with van der Waals surface area (Å²) in [5.74, 6) is 0.944. The minimum absolute atomic E-state index is 0.119. The molecule has 2 aromatic carbocycles. The fourth-order valence-electron chi connectivity index (χ4n) is 2.57. The highest BCUT2D eigenvalue weighted by molar-refractivity contribution is 7.99. The fraction of sp³-hybridized carbons (Fsp3) is 0.200. The number of rotatable bonds is 8. The molecule has 0 saturated carbocycles. The molecule has 0 aliphatic rings. The summed E-state index contributed by atoms with van der Waals surface area (Å²) in [6.07, 6.45) is 0.254. The van der Waals surface area contributed by atoms with Crippen LogP contribution < -0.4 is 9.64 Å². The lowest BCUT2D eigenvalue weighted by atomic mass is 10.2. The zero-order chi connectivity index (χ0) is 19.8. The lowest BCUT2D eigenvalue weighted by molar-refractivity contribution is -0.116. The van der Waals surface area contributed by atoms with Gasteiger partial charge < -0.3 is 14.1 Å². The summed E-state index contributed by atoms with van der Waals surface area (Å²) in [5, 5.41) is 17.2. The van der Waals surface area contributed by atoms with Crippen LogP contribution in [0.2, 0.25) is 0 Å². The Morgan fingerprint density at radius 2 is 1.93 bits per heavy atom. The minimum Gasteiger partial charge on any atom is -0.496 e. The van der Waals surface area contributed by atoms with Gasteiger partial charge in [-0.3, -0.25) is 4.79 Å². The molecular formula is C20H18N4O3S. The van der Waals surface area contributed by atoms with Crippen molar-refractivity contribution in [2.45, 2.75) is 11.6 Å². The van der Waals surface area contributed by atoms with Gasteiger partial charge in [-0.25, -0.2) is 0 Å². The number of ether oxygens (including phenoxy) is 1. The van der Waals surface area contributed by atoms with Crippen LogP contribution in [0.5, 0.6) is 5.75 Å². The molecule has 0 N–H and O–H groups in total. The fourth-order valence-corrected chi connectivity index (χ4v) is 3.21. The van der Waals surface area contributed by atoms with Crippen LogP contribution >= 0.6 is 11.8 Å². The maximum Gasteiger partial charge on any atom is 0.277 e. The summed E-state index contributed by atoms with van der Waals surface area (Å²) in [4.78, 5) is 14.3. The van der Waals surface area contributed by atoms with Crippen LogP contribution in [0.15, 0.2) is 64.2 Å². The van der Waals surface area contributed by atoms with Gasteiger partial charge in [0.25, 0.3) is 11.1 Å². The highest BCUT2D eigenvalue weighted by Gasteiger charge is 2.18. The Morgan fingerprint density at radius 1 is 1.18 bits per heavy atom. The van der Waals surface area contributed by atoms with Crippen LogP contribution in [-0.2, 0) is 4.79 Å². The van der Waals surface area contributed by atoms with Gasteiger partial charge in [-0.2, -0.15) is 5.26 Å². The molecule has 0 aliphatic carbocycles. The summed E-state index contributed by atoms with van der Waals surface area (Å²) in [7, 11) is 1.57. The van der Waals surface area contributed by atoms with E-state index in [2.05, 4.69) is 16.3 Å². The largest absolute Gasteiger partial charge is 0.496 e. The third-order valence-electron chi connectivity index (χ3n) is 3.88. The molecule has 0 fully saturated rings. The first-order valence-electron chi connectivity index (χ1n) is 8.55. The molecule has 0 spiro atoms. The number of amides is 1. The van der Waals surface area contributed by atoms with Crippen molar-refractivity contribution in [3.63, 3.8) is 0 Å². The Kier molecular flexibility index (Phi) is 6.65. The first kappa shape index (κ1) is 19.5. The normalized spacial score (nSPS) is 10.3. The quantitative estimate of drug-likeness (QED) is 0.537. The summed E-state index contributed by atoms with van der Waals surface area (Å²) in [6.45, 7) is 0.330. The third kappa shape index (κ3) is 4.69. The van der Waals surface area contributed by atoms with Crippen molar-refractivity contribution in [3.05, 3.63) is 54.6 Å². The first-order chi connectivity index (χ1) is 13.7. The van der Waals surface area contributed by atoms with Crippen molar-refractivity contribution in [1.29, 1.82) is 5.26 Å². The van der Waals surface area contributed by atoms with E-state index in [9.17, 15) is 4.79 Å². The highest BCUT2D eigenvalue weighted by Crippen LogP contribution is 2.30. The second kappa shape index (κ2) is 9.58. The maximum absolute atomic E-state index is 12.7. The average molecular weight is 394 g/mol. The van der Waals surface area contributed by atoms with Gasteiger partial charge in [0.05, 0.1) is 30.9 Å². The molecule has 0 bridgehead atoms. The Bertz CT molecular complexity index is 969. The van der Waals surface area contributed by atoms with Crippen molar-refractivity contribution in [2.24, 2.45) is 0 Å². The molecule has 142 valence electrons. The Hall–Kier alpha value is -3.31. The minimum atomic E-state index is -0.136. The van der Waals surface area contributed by atoms with E-state index in [1.165, 1.54) is 0 Å². The maximum atomic E-state index is 12.7. The van der Waals surface area contributed by atoms with Gasteiger partial charge in [0.15, 0.2) is 0 Å². The summed E-state index contributed by atoms with van der Waals surface area (Å²) >= 11 is 1.16. The predicted molar refractivity (Wildman–Crippen MR) is 106 cm³/mol. The van der Waals surface area contributed by atoms with Gasteiger partial charge in [-0.15, -0.1) is 10.2 Å². The van der Waals surface area contributed by atoms with E-state index in [0.717, 1.165) is 17.4 Å². The monoisotopic (exact) mass is 394 g/mol. The zero-order valence-electron chi connectivity index (χ0n) is 15.2. The zero-order valence-corrected chi connectivity index (χ0v) is 16.1. The predicted octanol–water partition coefficient (Wildman–Crippen LogP) is 3.78. The molecule has 0 aliphatic heterocycles. The number of hydrogen-bond donors (Lipinski definition) is 0. The number of anilines is 1. The summed E-state index contributed by atoms with van der Waals surface area (Å²) in [6, 6.07) is 18.7. The second-order valence-corrected chi connectivity index (χ2v) is 6.58. The first-order valence-corrected chi connectivity index (χ1v) is 9.53. The number of benzene rings is 2. The van der Waals surface area contributed by atoms with Crippen LogP contribution in [0.3, 0.4) is 0 Å². The van der Waals surface area contributed by atoms with Crippen LogP contribution in [0.1, 0.15) is 6.42 Å². The highest BCUT2D eigenvalue weighted by atomic mass is 32.2. The molecule has 1 heterocycles. The van der Waals surface area contributed by atoms with Crippen LogP contribution in [0.4, 0.5) is 5.69 Å². The van der Waals surface area contributed by atoms with Gasteiger partial charge in [-0.1, -0.05) is 42.1 Å². The molecule has 3 aromatic rings. The van der Waals surface area contributed by atoms with E-state index in [-0.39, 0.29) is 18.1 Å². The Morgan fingerprint density at radius 3 is 2.68 bits per heavy atom. The number of aromatic nitrogens is 2. The molecule has 28 heavy (non-hydrogen) atoms. The lowest BCUT2D eigenvalue weighted by Gasteiger charge is -2.21. The van der Waals surface area contributed by atoms with Gasteiger partial charge >= 0.3 is 0 Å². The third-order valence-corrected chi connectivity index (χ3v) is 4.68. The molecule has 0 saturated heterocycles. The van der Waals surface area contributed by atoms with Crippen LogP contribution in [0, 0.1) is 11.3 Å². The number of thioether (sulfide) groups is 1. The van der Waals surface area contributed by atoms with Crippen molar-refractivity contribution in [2.75, 3.05) is 24.3 Å². The van der Waals surface area contributed by atoms with Crippen molar-refractivity contribution in [1.82, 2.24) is 10.2 Å². The topological polar surface area (TPSA) is 92.3 Å². The molecule has 8 heteroatoms. The van der Waals surface area contributed by atoms with Crippen molar-refractivity contribution < 1.29 is 13.9 Å². The number of para-hydroxylation sites is 2. The molecule has 3 rings (SSSR count). The van der Waals surface area contributed by atoms with Crippen molar-refractivity contribution in [3.8, 4) is 23.3 Å². The lowest BCUT2D eigenvalue weighted by Crippen LogP contribution is -2.33. The van der Waals surface area contributed by atoms with Gasteiger partial charge in [0.2, 0.25) is 5.91 Å². The van der Waals surface area contributed by atoms with Gasteiger partial charge in [-0.05, 0) is 24.3 Å². The van der Waals surface area contributed by atoms with E-state index < -0.39 is 0 Å². The second-order valence-electron chi connectivity index (χ2n) is 5.65. The van der Waals surface area contributed by atoms with Gasteiger partial charge in [0, 0.05) is 12.2 Å². The molecular weight excluding hydrogens is 376 g/mol. The Labute approximate surface area is 166 Å². The van der Waals surface area contributed by atoms with E-state index in [1.54, 1.807) is 12.0 Å². The summed E-state index contributed by atoms with van der Waals surface area (Å²) < 4.78 is 11.0. The number of nitrogens with zero attached hydrogens (tertiary/aromatic N) is 4. The number of nitriles is 1. The standard InChI is InChI=1S/C20H18N4O3S/c1-26-17-11-6-5-10-16(17)19-22-23-20(27-19)28-14-18(25)24(13-7-12-21)15-8-3-2-4-9-15/h2-6,8-11H,7,13-14H2,1H3. The average Bonchev–Trinajstić information content (AvgIpc) is 3.22. The van der Waals surface area contributed by atoms with E-state index in [0.29, 0.717) is 29.0 Å². The molecule has 0 atom stereocenters. The molecule has 0 radical (unpaired) electrons. The SMILES string of the molecule is COc1ccccc1-c1nnc(SCC(=O)N(CCC#N)c2ccccc2)o1. The number of hydrogen-bond acceptors (Lipinski definition) is 7. The molecule has 1 amide bonds. The molecule has 1 aromatic heterocycles. The number of carbonyl (C=O) groups excluding carboxylic acids is 1. The van der Waals surface area contributed by atoms with E-state index in [4.69, 9.17) is 14.4 Å².